The van der Waals surface area contributed by atoms with E-state index in [1.807, 2.05) is 0 Å². The van der Waals surface area contributed by atoms with Crippen molar-refractivity contribution in [1.29, 1.82) is 0 Å². The van der Waals surface area contributed by atoms with Crippen molar-refractivity contribution in [2.24, 2.45) is 5.73 Å². The number of hydrogen-bond acceptors (Lipinski definition) is 13. The number of nitrogens with one attached hydrogen (secondary N) is 2. The highest BCUT2D eigenvalue weighted by Gasteiger charge is 2.23. The first-order valence-corrected chi connectivity index (χ1v) is 17.9. The number of aldehydes is 1. The Kier molecular flexibility index (Phi) is 18.3. The van der Waals surface area contributed by atoms with Crippen molar-refractivity contribution in [1.82, 2.24) is 10.6 Å². The second-order valence-electron chi connectivity index (χ2n) is 13.5. The van der Waals surface area contributed by atoms with Crippen LogP contribution in [0.25, 0.3) is 0 Å². The third-order valence-electron chi connectivity index (χ3n) is 6.85. The van der Waals surface area contributed by atoms with Gasteiger partial charge in [-0.25, -0.2) is 0 Å². The lowest BCUT2D eigenvalue weighted by Gasteiger charge is -2.23. The minimum atomic E-state index is -0.881. The first kappa shape index (κ1) is 46.6. The SMILES string of the molecule is CC(C)(C=O)NC(=O)c1ccc2c(c1)OCO2.CC(C)(CO)NC(=O)c1ccc2c(c1)OCO2.CC(C)(N)CO.ClCCl.O=C(Cl)c1ccc2c(c1)OCO2. The fraction of sp³-hybridized carbons (Fsp3) is 0.405. The number of aliphatic hydroxyl groups is 2. The number of alkyl halides is 2. The molecule has 0 unspecified atom stereocenters. The van der Waals surface area contributed by atoms with Crippen LogP contribution < -0.4 is 44.8 Å². The summed E-state index contributed by atoms with van der Waals surface area (Å²) < 4.78 is 30.8. The Labute approximate surface area is 334 Å². The molecule has 3 aliphatic heterocycles. The minimum absolute atomic E-state index is 0.0486. The van der Waals surface area contributed by atoms with E-state index in [2.05, 4.69) is 10.6 Å². The van der Waals surface area contributed by atoms with E-state index >= 15 is 0 Å². The Balaban J connectivity index is 0.000000260. The number of ether oxygens (including phenoxy) is 6. The third-order valence-corrected chi connectivity index (χ3v) is 7.07. The monoisotopic (exact) mass is 829 g/mol. The number of carbonyl (C=O) groups excluding carboxylic acids is 4. The van der Waals surface area contributed by atoms with Crippen LogP contribution >= 0.6 is 34.8 Å². The Hall–Kier alpha value is -4.51. The highest BCUT2D eigenvalue weighted by molar-refractivity contribution is 6.67. The molecule has 18 heteroatoms. The van der Waals surface area contributed by atoms with E-state index in [1.54, 1.807) is 96.1 Å². The summed E-state index contributed by atoms with van der Waals surface area (Å²) in [6, 6.07) is 14.7. The van der Waals surface area contributed by atoms with Crippen LogP contribution in [-0.4, -0.2) is 89.1 Å². The summed E-state index contributed by atoms with van der Waals surface area (Å²) >= 11 is 14.8. The molecule has 0 saturated carbocycles. The normalized spacial score (nSPS) is 12.8. The van der Waals surface area contributed by atoms with Crippen LogP contribution in [-0.2, 0) is 4.79 Å². The van der Waals surface area contributed by atoms with Crippen LogP contribution in [0.1, 0.15) is 72.6 Å². The molecule has 0 atom stereocenters. The van der Waals surface area contributed by atoms with Gasteiger partial charge in [-0.15, -0.1) is 23.2 Å². The number of amides is 2. The van der Waals surface area contributed by atoms with Gasteiger partial charge in [0.25, 0.3) is 17.1 Å². The van der Waals surface area contributed by atoms with Gasteiger partial charge in [0.1, 0.15) is 6.29 Å². The van der Waals surface area contributed by atoms with Gasteiger partial charge in [0.15, 0.2) is 34.5 Å². The van der Waals surface area contributed by atoms with Crippen LogP contribution in [0.3, 0.4) is 0 Å². The molecule has 0 aromatic heterocycles. The number of fused-ring (bicyclic) bond motifs is 3. The molecule has 15 nitrogen and oxygen atoms in total. The molecule has 0 aliphatic carbocycles. The first-order chi connectivity index (χ1) is 25.8. The van der Waals surface area contributed by atoms with Crippen molar-refractivity contribution in [3.8, 4) is 34.5 Å². The number of hydrogen-bond donors (Lipinski definition) is 5. The fourth-order valence-electron chi connectivity index (χ4n) is 3.91. The van der Waals surface area contributed by atoms with Gasteiger partial charge in [-0.2, -0.15) is 0 Å². The van der Waals surface area contributed by atoms with Crippen molar-refractivity contribution < 1.29 is 57.8 Å². The van der Waals surface area contributed by atoms with Crippen LogP contribution in [0.15, 0.2) is 54.6 Å². The van der Waals surface area contributed by atoms with Crippen molar-refractivity contribution >= 4 is 58.1 Å². The molecule has 3 aromatic carbocycles. The van der Waals surface area contributed by atoms with Crippen molar-refractivity contribution in [3.05, 3.63) is 71.3 Å². The summed E-state index contributed by atoms with van der Waals surface area (Å²) in [5.74, 6) is 3.03. The summed E-state index contributed by atoms with van der Waals surface area (Å²) in [5.41, 5.74) is 4.69. The fourth-order valence-corrected chi connectivity index (χ4v) is 4.03. The summed E-state index contributed by atoms with van der Waals surface area (Å²) in [6.07, 6.45) is 0.692. The Bertz CT molecular complexity index is 1770. The molecule has 55 heavy (non-hydrogen) atoms. The quantitative estimate of drug-likeness (QED) is 0.115. The van der Waals surface area contributed by atoms with Crippen LogP contribution in [0, 0.1) is 0 Å². The van der Waals surface area contributed by atoms with Gasteiger partial charge >= 0.3 is 0 Å². The van der Waals surface area contributed by atoms with Gasteiger partial charge < -0.3 is 59.8 Å². The number of benzene rings is 3. The Morgan fingerprint density at radius 1 is 0.655 bits per heavy atom. The van der Waals surface area contributed by atoms with Crippen LogP contribution in [0.5, 0.6) is 34.5 Å². The van der Waals surface area contributed by atoms with Gasteiger partial charge in [-0.1, -0.05) is 0 Å². The summed E-state index contributed by atoms with van der Waals surface area (Å²) in [7, 11) is 0. The maximum Gasteiger partial charge on any atom is 0.252 e. The second-order valence-corrected chi connectivity index (χ2v) is 14.7. The molecule has 0 saturated heterocycles. The van der Waals surface area contributed by atoms with Gasteiger partial charge in [0, 0.05) is 22.2 Å². The molecule has 3 aromatic rings. The molecule has 0 radical (unpaired) electrons. The highest BCUT2D eigenvalue weighted by Crippen LogP contribution is 2.34. The minimum Gasteiger partial charge on any atom is -0.454 e. The van der Waals surface area contributed by atoms with E-state index < -0.39 is 21.9 Å². The standard InChI is InChI=1S/C12H15NO4.C12H13NO4.C8H5ClO3.C4H11NO.CH2Cl2/c2*1-12(2,6-14)13-11(15)8-3-4-9-10(5-8)17-7-16-9;9-8(10)5-1-2-6-7(3-5)12-4-11-6;1-4(2,5)3-6;2-1-3/h3-5,14H,6-7H2,1-2H3,(H,13,15);3-6H,7H2,1-2H3,(H,13,15);1-3H,4H2;6H,3,5H2,1-2H3;1H2. The second kappa shape index (κ2) is 21.5. The zero-order valence-corrected chi connectivity index (χ0v) is 33.5. The average Bonchev–Trinajstić information content (AvgIpc) is 3.92. The van der Waals surface area contributed by atoms with Gasteiger partial charge in [-0.3, -0.25) is 14.4 Å². The molecule has 0 bridgehead atoms. The number of carbonyl (C=O) groups is 4. The zero-order valence-electron chi connectivity index (χ0n) is 31.2. The number of nitrogens with two attached hydrogens (primary N) is 1. The first-order valence-electron chi connectivity index (χ1n) is 16.4. The molecule has 6 rings (SSSR count). The van der Waals surface area contributed by atoms with E-state index in [0.29, 0.717) is 57.5 Å². The van der Waals surface area contributed by atoms with E-state index in [1.165, 1.54) is 0 Å². The van der Waals surface area contributed by atoms with Crippen molar-refractivity contribution in [2.45, 2.75) is 58.2 Å². The molecule has 3 heterocycles. The number of halogens is 3. The van der Waals surface area contributed by atoms with E-state index in [4.69, 9.17) is 79.2 Å². The average molecular weight is 831 g/mol. The predicted molar refractivity (Wildman–Crippen MR) is 206 cm³/mol. The molecule has 6 N–H and O–H groups in total. The summed E-state index contributed by atoms with van der Waals surface area (Å²) in [5, 5.41) is 22.4. The maximum atomic E-state index is 11.9. The Morgan fingerprint density at radius 2 is 0.982 bits per heavy atom. The molecule has 2 amide bonds. The molecule has 0 spiro atoms. The highest BCUT2D eigenvalue weighted by atomic mass is 35.5. The molecular formula is C37H46Cl3N3O12. The largest absolute Gasteiger partial charge is 0.454 e. The third kappa shape index (κ3) is 16.0. The lowest BCUT2D eigenvalue weighted by Crippen LogP contribution is -2.46. The zero-order chi connectivity index (χ0) is 41.4. The van der Waals surface area contributed by atoms with Crippen LogP contribution in [0.4, 0.5) is 0 Å². The lowest BCUT2D eigenvalue weighted by atomic mass is 10.1. The predicted octanol–water partition coefficient (Wildman–Crippen LogP) is 4.97. The van der Waals surface area contributed by atoms with Gasteiger partial charge in [-0.05, 0) is 108 Å². The van der Waals surface area contributed by atoms with Gasteiger partial charge in [0.05, 0.1) is 29.6 Å². The number of rotatable bonds is 8. The summed E-state index contributed by atoms with van der Waals surface area (Å²) in [4.78, 5) is 45.2. The van der Waals surface area contributed by atoms with Crippen molar-refractivity contribution in [2.75, 3.05) is 38.9 Å². The van der Waals surface area contributed by atoms with Gasteiger partial charge in [0.2, 0.25) is 20.4 Å². The van der Waals surface area contributed by atoms with E-state index in [0.717, 1.165) is 0 Å². The van der Waals surface area contributed by atoms with E-state index in [-0.39, 0.29) is 50.7 Å². The number of aliphatic hydroxyl groups excluding tert-OH is 2. The maximum absolute atomic E-state index is 11.9. The molecule has 302 valence electrons. The molecule has 3 aliphatic rings. The molecule has 0 fully saturated rings. The Morgan fingerprint density at radius 3 is 1.31 bits per heavy atom. The van der Waals surface area contributed by atoms with Crippen LogP contribution in [0.2, 0.25) is 0 Å². The lowest BCUT2D eigenvalue weighted by molar-refractivity contribution is -0.112. The van der Waals surface area contributed by atoms with E-state index in [9.17, 15) is 19.2 Å². The molecular weight excluding hydrogens is 785 g/mol. The smallest absolute Gasteiger partial charge is 0.252 e. The topological polar surface area (TPSA) is 214 Å². The van der Waals surface area contributed by atoms with Crippen molar-refractivity contribution in [3.63, 3.8) is 0 Å². The summed E-state index contributed by atoms with van der Waals surface area (Å²) in [6.45, 7) is 10.8.